The maximum atomic E-state index is 12.7. The second kappa shape index (κ2) is 5.46. The fraction of sp³-hybridized carbons (Fsp3) is 0.364. The number of carboxylic acid groups (broad SMARTS) is 1. The number of alkyl halides is 1. The van der Waals surface area contributed by atoms with Gasteiger partial charge in [-0.1, -0.05) is 6.07 Å². The molecule has 0 heterocycles. The normalized spacial score (nSPS) is 12.2. The molecule has 0 aliphatic heterocycles. The number of carboxylic acids is 1. The molecule has 0 fully saturated rings. The predicted octanol–water partition coefficient (Wildman–Crippen LogP) is 1.29. The Labute approximate surface area is 92.8 Å². The molecule has 1 aromatic rings. The van der Waals surface area contributed by atoms with Crippen LogP contribution in [0.5, 0.6) is 5.75 Å². The molecule has 1 atom stereocenters. The number of hydrogen-bond acceptors (Lipinski definition) is 3. The van der Waals surface area contributed by atoms with Gasteiger partial charge in [-0.3, -0.25) is 4.79 Å². The van der Waals surface area contributed by atoms with Crippen LogP contribution >= 0.6 is 0 Å². The standard InChI is InChI=1S/C11H14FNO3/c1-16-10-3-2-7(4-8(10)5-12)9(6-13)11(14)15/h2-4,9H,5-6,13H2,1H3,(H,14,15). The second-order valence-electron chi connectivity index (χ2n) is 3.33. The Kier molecular flexibility index (Phi) is 4.25. The maximum absolute atomic E-state index is 12.7. The largest absolute Gasteiger partial charge is 0.496 e. The lowest BCUT2D eigenvalue weighted by Gasteiger charge is -2.13. The van der Waals surface area contributed by atoms with Gasteiger partial charge in [0.2, 0.25) is 0 Å². The van der Waals surface area contributed by atoms with Crippen LogP contribution in [0.3, 0.4) is 0 Å². The van der Waals surface area contributed by atoms with Crippen molar-refractivity contribution in [3.63, 3.8) is 0 Å². The minimum absolute atomic E-state index is 0.0204. The van der Waals surface area contributed by atoms with E-state index in [4.69, 9.17) is 15.6 Å². The van der Waals surface area contributed by atoms with Crippen LogP contribution in [0.4, 0.5) is 4.39 Å². The molecule has 0 saturated carbocycles. The lowest BCUT2D eigenvalue weighted by molar-refractivity contribution is -0.138. The number of ether oxygens (including phenoxy) is 1. The third kappa shape index (κ3) is 2.49. The van der Waals surface area contributed by atoms with Gasteiger partial charge in [0.15, 0.2) is 0 Å². The van der Waals surface area contributed by atoms with Crippen LogP contribution in [-0.4, -0.2) is 24.7 Å². The zero-order chi connectivity index (χ0) is 12.1. The minimum atomic E-state index is -1.02. The number of halogens is 1. The van der Waals surface area contributed by atoms with Gasteiger partial charge in [0, 0.05) is 12.1 Å². The molecule has 0 spiro atoms. The number of methoxy groups -OCH3 is 1. The van der Waals surface area contributed by atoms with Gasteiger partial charge in [0.25, 0.3) is 0 Å². The van der Waals surface area contributed by atoms with Crippen molar-refractivity contribution in [1.82, 2.24) is 0 Å². The Morgan fingerprint density at radius 3 is 2.75 bits per heavy atom. The minimum Gasteiger partial charge on any atom is -0.496 e. The van der Waals surface area contributed by atoms with Crippen molar-refractivity contribution in [1.29, 1.82) is 0 Å². The first-order valence-corrected chi connectivity index (χ1v) is 4.79. The zero-order valence-electron chi connectivity index (χ0n) is 8.94. The fourth-order valence-electron chi connectivity index (χ4n) is 1.50. The van der Waals surface area contributed by atoms with Gasteiger partial charge in [-0.05, 0) is 17.7 Å². The first-order valence-electron chi connectivity index (χ1n) is 4.79. The molecule has 0 radical (unpaired) electrons. The van der Waals surface area contributed by atoms with Crippen LogP contribution in [0.15, 0.2) is 18.2 Å². The third-order valence-electron chi connectivity index (χ3n) is 2.38. The molecule has 3 N–H and O–H groups in total. The van der Waals surface area contributed by atoms with E-state index in [0.29, 0.717) is 16.9 Å². The Hall–Kier alpha value is -1.62. The lowest BCUT2D eigenvalue weighted by atomic mass is 9.97. The van der Waals surface area contributed by atoms with Gasteiger partial charge in [0.05, 0.1) is 13.0 Å². The van der Waals surface area contributed by atoms with Gasteiger partial charge in [-0.2, -0.15) is 0 Å². The molecule has 88 valence electrons. The molecule has 4 nitrogen and oxygen atoms in total. The number of nitrogens with two attached hydrogens (primary N) is 1. The van der Waals surface area contributed by atoms with Crippen molar-refractivity contribution >= 4 is 5.97 Å². The van der Waals surface area contributed by atoms with Gasteiger partial charge in [-0.15, -0.1) is 0 Å². The molecule has 1 unspecified atom stereocenters. The van der Waals surface area contributed by atoms with Crippen molar-refractivity contribution in [2.45, 2.75) is 12.6 Å². The molecule has 0 aliphatic carbocycles. The van der Waals surface area contributed by atoms with Crippen molar-refractivity contribution in [3.8, 4) is 5.75 Å². The number of aliphatic carboxylic acids is 1. The fourth-order valence-corrected chi connectivity index (χ4v) is 1.50. The van der Waals surface area contributed by atoms with Gasteiger partial charge in [0.1, 0.15) is 12.4 Å². The van der Waals surface area contributed by atoms with E-state index in [0.717, 1.165) is 0 Å². The molecule has 0 amide bonds. The molecule has 0 saturated heterocycles. The average Bonchev–Trinajstić information content (AvgIpc) is 2.29. The Balaban J connectivity index is 3.11. The van der Waals surface area contributed by atoms with Crippen LogP contribution in [0, 0.1) is 0 Å². The van der Waals surface area contributed by atoms with Gasteiger partial charge < -0.3 is 15.6 Å². The molecular weight excluding hydrogens is 213 g/mol. The quantitative estimate of drug-likeness (QED) is 0.795. The van der Waals surface area contributed by atoms with Crippen LogP contribution < -0.4 is 10.5 Å². The summed E-state index contributed by atoms with van der Waals surface area (Å²) in [6.07, 6.45) is 0. The lowest BCUT2D eigenvalue weighted by Crippen LogP contribution is -2.21. The second-order valence-corrected chi connectivity index (χ2v) is 3.33. The summed E-state index contributed by atoms with van der Waals surface area (Å²) in [7, 11) is 1.44. The zero-order valence-corrected chi connectivity index (χ0v) is 8.94. The molecule has 5 heteroatoms. The maximum Gasteiger partial charge on any atom is 0.312 e. The monoisotopic (exact) mass is 227 g/mol. The van der Waals surface area contributed by atoms with E-state index in [2.05, 4.69) is 0 Å². The average molecular weight is 227 g/mol. The topological polar surface area (TPSA) is 72.5 Å². The highest BCUT2D eigenvalue weighted by atomic mass is 19.1. The number of benzene rings is 1. The van der Waals surface area contributed by atoms with E-state index in [1.807, 2.05) is 0 Å². The molecular formula is C11H14FNO3. The van der Waals surface area contributed by atoms with Gasteiger partial charge >= 0.3 is 5.97 Å². The first kappa shape index (κ1) is 12.4. The van der Waals surface area contributed by atoms with Crippen LogP contribution in [0.1, 0.15) is 17.0 Å². The Bertz CT molecular complexity index is 381. The first-order chi connectivity index (χ1) is 7.63. The summed E-state index contributed by atoms with van der Waals surface area (Å²) in [6.45, 7) is -0.721. The summed E-state index contributed by atoms with van der Waals surface area (Å²) in [5, 5.41) is 8.91. The number of carbonyl (C=O) groups is 1. The summed E-state index contributed by atoms with van der Waals surface area (Å²) in [4.78, 5) is 10.9. The summed E-state index contributed by atoms with van der Waals surface area (Å²) in [5.41, 5.74) is 6.18. The van der Waals surface area contributed by atoms with Crippen LogP contribution in [0.2, 0.25) is 0 Å². The smallest absolute Gasteiger partial charge is 0.312 e. The highest BCUT2D eigenvalue weighted by molar-refractivity contribution is 5.76. The van der Waals surface area contributed by atoms with Crippen molar-refractivity contribution in [2.24, 2.45) is 5.73 Å². The third-order valence-corrected chi connectivity index (χ3v) is 2.38. The highest BCUT2D eigenvalue weighted by Gasteiger charge is 2.19. The molecule has 16 heavy (non-hydrogen) atoms. The molecule has 0 bridgehead atoms. The van der Waals surface area contributed by atoms with E-state index in [9.17, 15) is 9.18 Å². The number of hydrogen-bond donors (Lipinski definition) is 2. The van der Waals surface area contributed by atoms with E-state index >= 15 is 0 Å². The SMILES string of the molecule is COc1ccc(C(CN)C(=O)O)cc1CF. The molecule has 0 aliphatic rings. The molecule has 0 aromatic heterocycles. The summed E-state index contributed by atoms with van der Waals surface area (Å²) in [5.74, 6) is -1.42. The summed E-state index contributed by atoms with van der Waals surface area (Å²) < 4.78 is 17.6. The summed E-state index contributed by atoms with van der Waals surface area (Å²) in [6, 6.07) is 4.62. The predicted molar refractivity (Wildman–Crippen MR) is 57.2 cm³/mol. The van der Waals surface area contributed by atoms with Crippen LogP contribution in [0.25, 0.3) is 0 Å². The van der Waals surface area contributed by atoms with E-state index in [1.54, 1.807) is 12.1 Å². The Morgan fingerprint density at radius 2 is 2.31 bits per heavy atom. The van der Waals surface area contributed by atoms with Gasteiger partial charge in [-0.25, -0.2) is 4.39 Å². The van der Waals surface area contributed by atoms with Crippen molar-refractivity contribution in [2.75, 3.05) is 13.7 Å². The number of rotatable bonds is 5. The van der Waals surface area contributed by atoms with Crippen molar-refractivity contribution < 1.29 is 19.0 Å². The highest BCUT2D eigenvalue weighted by Crippen LogP contribution is 2.25. The van der Waals surface area contributed by atoms with E-state index in [1.165, 1.54) is 13.2 Å². The van der Waals surface area contributed by atoms with Crippen LogP contribution in [-0.2, 0) is 11.5 Å². The summed E-state index contributed by atoms with van der Waals surface area (Å²) >= 11 is 0. The van der Waals surface area contributed by atoms with Crippen molar-refractivity contribution in [3.05, 3.63) is 29.3 Å². The Morgan fingerprint density at radius 1 is 1.62 bits per heavy atom. The molecule has 1 rings (SSSR count). The molecule has 1 aromatic carbocycles. The van der Waals surface area contributed by atoms with E-state index < -0.39 is 18.6 Å². The van der Waals surface area contributed by atoms with E-state index in [-0.39, 0.29) is 6.54 Å².